The van der Waals surface area contributed by atoms with Gasteiger partial charge in [-0.05, 0) is 18.2 Å². The molecule has 1 aromatic heterocycles. The van der Waals surface area contributed by atoms with E-state index in [1.807, 2.05) is 35.1 Å². The number of benzene rings is 1. The second-order valence-corrected chi connectivity index (χ2v) is 5.12. The van der Waals surface area contributed by atoms with Gasteiger partial charge in [-0.1, -0.05) is 13.8 Å². The Labute approximate surface area is 118 Å². The summed E-state index contributed by atoms with van der Waals surface area (Å²) in [5.74, 6) is 1.58. The van der Waals surface area contributed by atoms with Crippen molar-refractivity contribution in [3.63, 3.8) is 0 Å². The summed E-state index contributed by atoms with van der Waals surface area (Å²) in [7, 11) is 0. The Morgan fingerprint density at radius 2 is 2.00 bits per heavy atom. The van der Waals surface area contributed by atoms with Crippen LogP contribution in [0, 0.1) is 0 Å². The van der Waals surface area contributed by atoms with Gasteiger partial charge in [-0.25, -0.2) is 4.68 Å². The number of hydrogen-bond acceptors (Lipinski definition) is 4. The summed E-state index contributed by atoms with van der Waals surface area (Å²) in [5, 5.41) is 7.92. The number of ether oxygens (including phenoxy) is 2. The van der Waals surface area contributed by atoms with Crippen molar-refractivity contribution in [1.82, 2.24) is 15.1 Å². The molecule has 0 saturated heterocycles. The fourth-order valence-corrected chi connectivity index (χ4v) is 2.08. The second kappa shape index (κ2) is 5.54. The molecule has 5 heteroatoms. The van der Waals surface area contributed by atoms with Crippen LogP contribution in [-0.4, -0.2) is 29.0 Å². The van der Waals surface area contributed by atoms with E-state index in [1.54, 1.807) is 0 Å². The fourth-order valence-electron chi connectivity index (χ4n) is 2.08. The summed E-state index contributed by atoms with van der Waals surface area (Å²) in [5.41, 5.74) is 2.00. The molecule has 0 spiro atoms. The van der Waals surface area contributed by atoms with E-state index in [-0.39, 0.29) is 0 Å². The molecule has 0 bridgehead atoms. The molecule has 0 aliphatic carbocycles. The lowest BCUT2D eigenvalue weighted by Crippen LogP contribution is -2.22. The Morgan fingerprint density at radius 1 is 1.20 bits per heavy atom. The first-order chi connectivity index (χ1) is 9.72. The number of fused-ring (bicyclic) bond motifs is 1. The normalized spacial score (nSPS) is 13.8. The topological polar surface area (TPSA) is 48.3 Å². The van der Waals surface area contributed by atoms with Crippen LogP contribution in [0.4, 0.5) is 0 Å². The van der Waals surface area contributed by atoms with Gasteiger partial charge < -0.3 is 14.8 Å². The highest BCUT2D eigenvalue weighted by Gasteiger charge is 2.12. The molecule has 0 saturated carbocycles. The Kier molecular flexibility index (Phi) is 3.60. The molecule has 1 N–H and O–H groups in total. The number of nitrogens with zero attached hydrogens (tertiary/aromatic N) is 2. The van der Waals surface area contributed by atoms with Gasteiger partial charge in [0.1, 0.15) is 13.2 Å². The van der Waals surface area contributed by atoms with Crippen molar-refractivity contribution >= 4 is 0 Å². The lowest BCUT2D eigenvalue weighted by Gasteiger charge is -2.18. The molecule has 2 heterocycles. The molecule has 1 aromatic carbocycles. The van der Waals surface area contributed by atoms with Crippen LogP contribution in [0.1, 0.15) is 19.5 Å². The molecular weight excluding hydrogens is 254 g/mol. The Bertz CT molecular complexity index is 593. The van der Waals surface area contributed by atoms with Gasteiger partial charge in [-0.15, -0.1) is 0 Å². The van der Waals surface area contributed by atoms with E-state index in [1.165, 1.54) is 0 Å². The van der Waals surface area contributed by atoms with Crippen molar-refractivity contribution in [3.8, 4) is 17.2 Å². The molecule has 0 amide bonds. The van der Waals surface area contributed by atoms with E-state index in [0.29, 0.717) is 19.3 Å². The Balaban J connectivity index is 1.79. The number of hydrogen-bond donors (Lipinski definition) is 1. The summed E-state index contributed by atoms with van der Waals surface area (Å²) in [6, 6.07) is 8.35. The third-order valence-electron chi connectivity index (χ3n) is 3.13. The highest BCUT2D eigenvalue weighted by molar-refractivity contribution is 5.49. The number of aromatic nitrogens is 2. The van der Waals surface area contributed by atoms with Crippen molar-refractivity contribution in [1.29, 1.82) is 0 Å². The first-order valence-electron chi connectivity index (χ1n) is 6.90. The SMILES string of the molecule is CC(C)NCc1ccn(-c2ccc3c(c2)OCCO3)n1. The zero-order valence-corrected chi connectivity index (χ0v) is 11.8. The zero-order chi connectivity index (χ0) is 13.9. The predicted molar refractivity (Wildman–Crippen MR) is 76.5 cm³/mol. The summed E-state index contributed by atoms with van der Waals surface area (Å²) < 4.78 is 13.0. The fraction of sp³-hybridized carbons (Fsp3) is 0.400. The van der Waals surface area contributed by atoms with E-state index in [9.17, 15) is 0 Å². The van der Waals surface area contributed by atoms with Crippen LogP contribution in [0.5, 0.6) is 11.5 Å². The molecule has 0 unspecified atom stereocenters. The van der Waals surface area contributed by atoms with Crippen LogP contribution in [0.2, 0.25) is 0 Å². The monoisotopic (exact) mass is 273 g/mol. The molecular formula is C15H19N3O2. The van der Waals surface area contributed by atoms with Gasteiger partial charge in [0.05, 0.1) is 11.4 Å². The summed E-state index contributed by atoms with van der Waals surface area (Å²) in [6.07, 6.45) is 1.96. The minimum atomic E-state index is 0.453. The zero-order valence-electron chi connectivity index (χ0n) is 11.8. The highest BCUT2D eigenvalue weighted by atomic mass is 16.6. The van der Waals surface area contributed by atoms with Gasteiger partial charge in [0, 0.05) is 24.8 Å². The molecule has 1 aliphatic heterocycles. The standard InChI is InChI=1S/C15H19N3O2/c1-11(2)16-10-12-5-6-18(17-12)13-3-4-14-15(9-13)20-8-7-19-14/h3-6,9,11,16H,7-8,10H2,1-2H3. The lowest BCUT2D eigenvalue weighted by atomic mass is 10.2. The predicted octanol–water partition coefficient (Wildman–Crippen LogP) is 2.14. The molecule has 0 fully saturated rings. The average Bonchev–Trinajstić information content (AvgIpc) is 2.93. The van der Waals surface area contributed by atoms with Crippen molar-refractivity contribution in [3.05, 3.63) is 36.2 Å². The van der Waals surface area contributed by atoms with Crippen LogP contribution in [-0.2, 0) is 6.54 Å². The van der Waals surface area contributed by atoms with E-state index in [4.69, 9.17) is 9.47 Å². The quantitative estimate of drug-likeness (QED) is 0.927. The Morgan fingerprint density at radius 3 is 2.80 bits per heavy atom. The molecule has 20 heavy (non-hydrogen) atoms. The van der Waals surface area contributed by atoms with Gasteiger partial charge in [-0.2, -0.15) is 5.10 Å². The first-order valence-corrected chi connectivity index (χ1v) is 6.90. The smallest absolute Gasteiger partial charge is 0.163 e. The first kappa shape index (κ1) is 13.0. The van der Waals surface area contributed by atoms with Gasteiger partial charge in [0.25, 0.3) is 0 Å². The average molecular weight is 273 g/mol. The van der Waals surface area contributed by atoms with Crippen LogP contribution in [0.3, 0.4) is 0 Å². The minimum Gasteiger partial charge on any atom is -0.486 e. The summed E-state index contributed by atoms with van der Waals surface area (Å²) in [4.78, 5) is 0. The molecule has 0 atom stereocenters. The van der Waals surface area contributed by atoms with Crippen LogP contribution >= 0.6 is 0 Å². The van der Waals surface area contributed by atoms with E-state index >= 15 is 0 Å². The maximum absolute atomic E-state index is 5.59. The van der Waals surface area contributed by atoms with Gasteiger partial charge in [-0.3, -0.25) is 0 Å². The maximum Gasteiger partial charge on any atom is 0.163 e. The van der Waals surface area contributed by atoms with Gasteiger partial charge in [0.2, 0.25) is 0 Å². The molecule has 2 aromatic rings. The van der Waals surface area contributed by atoms with Crippen LogP contribution in [0.25, 0.3) is 5.69 Å². The molecule has 3 rings (SSSR count). The molecule has 1 aliphatic rings. The van der Waals surface area contributed by atoms with E-state index < -0.39 is 0 Å². The minimum absolute atomic E-state index is 0.453. The second-order valence-electron chi connectivity index (χ2n) is 5.12. The summed E-state index contributed by atoms with van der Waals surface area (Å²) in [6.45, 7) is 6.23. The lowest BCUT2D eigenvalue weighted by molar-refractivity contribution is 0.171. The Hall–Kier alpha value is -2.01. The van der Waals surface area contributed by atoms with Crippen molar-refractivity contribution in [2.45, 2.75) is 26.4 Å². The molecule has 5 nitrogen and oxygen atoms in total. The molecule has 106 valence electrons. The van der Waals surface area contributed by atoms with Gasteiger partial charge >= 0.3 is 0 Å². The van der Waals surface area contributed by atoms with Crippen LogP contribution in [0.15, 0.2) is 30.5 Å². The highest BCUT2D eigenvalue weighted by Crippen LogP contribution is 2.31. The van der Waals surface area contributed by atoms with Crippen molar-refractivity contribution in [2.75, 3.05) is 13.2 Å². The largest absolute Gasteiger partial charge is 0.486 e. The van der Waals surface area contributed by atoms with E-state index in [0.717, 1.165) is 29.4 Å². The summed E-state index contributed by atoms with van der Waals surface area (Å²) >= 11 is 0. The van der Waals surface area contributed by atoms with Crippen LogP contribution < -0.4 is 14.8 Å². The maximum atomic E-state index is 5.59. The van der Waals surface area contributed by atoms with E-state index in [2.05, 4.69) is 24.3 Å². The third kappa shape index (κ3) is 2.77. The van der Waals surface area contributed by atoms with Crippen molar-refractivity contribution < 1.29 is 9.47 Å². The number of rotatable bonds is 4. The van der Waals surface area contributed by atoms with Crippen molar-refractivity contribution in [2.24, 2.45) is 0 Å². The third-order valence-corrected chi connectivity index (χ3v) is 3.13. The van der Waals surface area contributed by atoms with Gasteiger partial charge in [0.15, 0.2) is 11.5 Å². The number of nitrogens with one attached hydrogen (secondary N) is 1. The molecule has 0 radical (unpaired) electrons.